The lowest BCUT2D eigenvalue weighted by atomic mass is 10.0. The highest BCUT2D eigenvalue weighted by molar-refractivity contribution is 5.95. The average molecular weight is 343 g/mol. The fourth-order valence-electron chi connectivity index (χ4n) is 3.13. The van der Waals surface area contributed by atoms with Gasteiger partial charge >= 0.3 is 0 Å². The second-order valence-electron chi connectivity index (χ2n) is 6.05. The maximum Gasteiger partial charge on any atom is 0.131 e. The van der Waals surface area contributed by atoms with Crippen molar-refractivity contribution in [2.45, 2.75) is 13.1 Å². The van der Waals surface area contributed by atoms with Gasteiger partial charge in [-0.2, -0.15) is 5.26 Å². The molecule has 3 rings (SSSR count). The Balaban J connectivity index is 2.05. The average Bonchev–Trinajstić information content (AvgIpc) is 3.12. The van der Waals surface area contributed by atoms with E-state index in [2.05, 4.69) is 58.4 Å². The van der Waals surface area contributed by atoms with Gasteiger partial charge in [-0.1, -0.05) is 36.4 Å². The SMILES string of the molecule is C=N/C=C\C(=N/C)N1C(C(C)C#N)=CNC1c1ccc2ccccc2c1. The number of allylic oxidation sites excluding steroid dienone is 1. The molecule has 2 unspecified atom stereocenters. The quantitative estimate of drug-likeness (QED) is 0.674. The van der Waals surface area contributed by atoms with Gasteiger partial charge in [0.05, 0.1) is 17.7 Å². The van der Waals surface area contributed by atoms with Crippen LogP contribution >= 0.6 is 0 Å². The molecule has 26 heavy (non-hydrogen) atoms. The van der Waals surface area contributed by atoms with Crippen LogP contribution in [0.3, 0.4) is 0 Å². The van der Waals surface area contributed by atoms with E-state index in [9.17, 15) is 5.26 Å². The van der Waals surface area contributed by atoms with Crippen LogP contribution < -0.4 is 5.32 Å². The summed E-state index contributed by atoms with van der Waals surface area (Å²) in [5, 5.41) is 15.2. The Morgan fingerprint density at radius 2 is 2.08 bits per heavy atom. The Morgan fingerprint density at radius 1 is 1.31 bits per heavy atom. The molecule has 5 heteroatoms. The molecule has 1 aliphatic rings. The molecule has 2 aromatic rings. The molecule has 130 valence electrons. The fourth-order valence-corrected chi connectivity index (χ4v) is 3.13. The minimum atomic E-state index is -0.269. The largest absolute Gasteiger partial charge is 0.366 e. The molecule has 1 N–H and O–H groups in total. The molecule has 2 aromatic carbocycles. The molecule has 0 saturated heterocycles. The van der Waals surface area contributed by atoms with Crippen LogP contribution in [0.25, 0.3) is 10.8 Å². The van der Waals surface area contributed by atoms with E-state index in [-0.39, 0.29) is 12.1 Å². The van der Waals surface area contributed by atoms with E-state index in [1.165, 1.54) is 10.8 Å². The van der Waals surface area contributed by atoms with Crippen molar-refractivity contribution in [2.24, 2.45) is 15.9 Å². The van der Waals surface area contributed by atoms with Crippen molar-refractivity contribution in [2.75, 3.05) is 7.05 Å². The standard InChI is InChI=1S/C21H21N5/c1-15(13-22)19-14-25-21(26(19)20(24-3)10-11-23-2)18-9-8-16-6-4-5-7-17(16)12-18/h4-12,14-15,21,25H,2H2,1,3H3/b11-10-,24-20+. The lowest BCUT2D eigenvalue weighted by Gasteiger charge is -2.30. The number of nitriles is 1. The third kappa shape index (κ3) is 3.22. The number of benzene rings is 2. The molecule has 0 amide bonds. The van der Waals surface area contributed by atoms with E-state index < -0.39 is 0 Å². The third-order valence-corrected chi connectivity index (χ3v) is 4.46. The van der Waals surface area contributed by atoms with Crippen molar-refractivity contribution >= 4 is 23.3 Å². The van der Waals surface area contributed by atoms with Crippen LogP contribution in [0.5, 0.6) is 0 Å². The van der Waals surface area contributed by atoms with Gasteiger partial charge in [-0.05, 0) is 42.1 Å². The number of hydrogen-bond acceptors (Lipinski definition) is 4. The summed E-state index contributed by atoms with van der Waals surface area (Å²) in [6, 6.07) is 16.9. The van der Waals surface area contributed by atoms with E-state index in [1.807, 2.05) is 30.2 Å². The summed E-state index contributed by atoms with van der Waals surface area (Å²) < 4.78 is 0. The number of nitrogens with one attached hydrogen (secondary N) is 1. The summed E-state index contributed by atoms with van der Waals surface area (Å²) in [5.74, 6) is 0.448. The third-order valence-electron chi connectivity index (χ3n) is 4.46. The fraction of sp³-hybridized carbons (Fsp3) is 0.190. The lowest BCUT2D eigenvalue weighted by molar-refractivity contribution is 0.374. The molecule has 0 aromatic heterocycles. The first-order valence-corrected chi connectivity index (χ1v) is 8.42. The highest BCUT2D eigenvalue weighted by Gasteiger charge is 2.32. The summed E-state index contributed by atoms with van der Waals surface area (Å²) in [4.78, 5) is 10.2. The number of amidine groups is 1. The Hall–Kier alpha value is -3.39. The monoisotopic (exact) mass is 343 g/mol. The molecule has 0 saturated carbocycles. The minimum absolute atomic E-state index is 0.140. The summed E-state index contributed by atoms with van der Waals surface area (Å²) in [6.45, 7) is 5.36. The molecule has 1 heterocycles. The predicted octanol–water partition coefficient (Wildman–Crippen LogP) is 3.99. The zero-order valence-electron chi connectivity index (χ0n) is 14.9. The molecular formula is C21H21N5. The van der Waals surface area contributed by atoms with Gasteiger partial charge in [0.2, 0.25) is 0 Å². The first-order chi connectivity index (χ1) is 12.7. The maximum atomic E-state index is 9.41. The predicted molar refractivity (Wildman–Crippen MR) is 107 cm³/mol. The Morgan fingerprint density at radius 3 is 2.77 bits per heavy atom. The van der Waals surface area contributed by atoms with Crippen molar-refractivity contribution in [3.05, 3.63) is 72.2 Å². The van der Waals surface area contributed by atoms with Crippen molar-refractivity contribution in [3.8, 4) is 6.07 Å². The maximum absolute atomic E-state index is 9.41. The van der Waals surface area contributed by atoms with Crippen LogP contribution in [0, 0.1) is 17.2 Å². The zero-order chi connectivity index (χ0) is 18.5. The van der Waals surface area contributed by atoms with Crippen LogP contribution in [-0.4, -0.2) is 24.5 Å². The van der Waals surface area contributed by atoms with Crippen LogP contribution in [0.4, 0.5) is 0 Å². The van der Waals surface area contributed by atoms with Gasteiger partial charge in [0.1, 0.15) is 12.0 Å². The van der Waals surface area contributed by atoms with Gasteiger partial charge in [-0.3, -0.25) is 9.98 Å². The smallest absolute Gasteiger partial charge is 0.131 e. The Kier molecular flexibility index (Phi) is 5.14. The lowest BCUT2D eigenvalue weighted by Crippen LogP contribution is -2.35. The Labute approximate surface area is 153 Å². The van der Waals surface area contributed by atoms with Crippen LogP contribution in [0.2, 0.25) is 0 Å². The van der Waals surface area contributed by atoms with Gasteiger partial charge < -0.3 is 10.2 Å². The van der Waals surface area contributed by atoms with Gasteiger partial charge in [-0.15, -0.1) is 0 Å². The van der Waals surface area contributed by atoms with Gasteiger partial charge in [0.15, 0.2) is 0 Å². The Bertz CT molecular complexity index is 948. The molecule has 2 atom stereocenters. The van der Waals surface area contributed by atoms with E-state index in [0.29, 0.717) is 5.84 Å². The first-order valence-electron chi connectivity index (χ1n) is 8.42. The molecule has 0 radical (unpaired) electrons. The molecule has 0 aliphatic carbocycles. The minimum Gasteiger partial charge on any atom is -0.366 e. The van der Waals surface area contributed by atoms with E-state index >= 15 is 0 Å². The number of aliphatic imine (C=N–C) groups is 2. The van der Waals surface area contributed by atoms with Gasteiger partial charge in [0, 0.05) is 19.4 Å². The van der Waals surface area contributed by atoms with Crippen molar-refractivity contribution in [1.82, 2.24) is 10.2 Å². The van der Waals surface area contributed by atoms with Crippen molar-refractivity contribution < 1.29 is 0 Å². The topological polar surface area (TPSA) is 63.8 Å². The van der Waals surface area contributed by atoms with Crippen LogP contribution in [0.15, 0.2) is 76.6 Å². The number of rotatable bonds is 4. The second-order valence-corrected chi connectivity index (χ2v) is 6.05. The molecule has 1 aliphatic heterocycles. The molecular weight excluding hydrogens is 322 g/mol. The van der Waals surface area contributed by atoms with Crippen molar-refractivity contribution in [1.29, 1.82) is 5.26 Å². The molecule has 0 bridgehead atoms. The van der Waals surface area contributed by atoms with E-state index in [1.54, 1.807) is 19.3 Å². The number of hydrogen-bond donors (Lipinski definition) is 1. The normalized spacial score (nSPS) is 18.5. The summed E-state index contributed by atoms with van der Waals surface area (Å²) >= 11 is 0. The summed E-state index contributed by atoms with van der Waals surface area (Å²) in [5.41, 5.74) is 1.97. The van der Waals surface area contributed by atoms with Crippen molar-refractivity contribution in [3.63, 3.8) is 0 Å². The molecule has 5 nitrogen and oxygen atoms in total. The molecule has 0 spiro atoms. The first kappa shape index (κ1) is 17.4. The molecule has 0 fully saturated rings. The zero-order valence-corrected chi connectivity index (χ0v) is 14.9. The highest BCUT2D eigenvalue weighted by Crippen LogP contribution is 2.33. The number of nitrogens with zero attached hydrogens (tertiary/aromatic N) is 4. The summed E-state index contributed by atoms with van der Waals surface area (Å²) in [7, 11) is 1.73. The highest BCUT2D eigenvalue weighted by atomic mass is 15.3. The van der Waals surface area contributed by atoms with Gasteiger partial charge in [-0.25, -0.2) is 0 Å². The van der Waals surface area contributed by atoms with E-state index in [0.717, 1.165) is 11.3 Å². The van der Waals surface area contributed by atoms with Crippen LogP contribution in [0.1, 0.15) is 18.7 Å². The summed E-state index contributed by atoms with van der Waals surface area (Å²) in [6.07, 6.45) is 5.16. The second kappa shape index (κ2) is 7.66. The van der Waals surface area contributed by atoms with E-state index in [4.69, 9.17) is 0 Å². The van der Waals surface area contributed by atoms with Crippen LogP contribution in [-0.2, 0) is 0 Å². The number of fused-ring (bicyclic) bond motifs is 1. The van der Waals surface area contributed by atoms with Gasteiger partial charge in [0.25, 0.3) is 0 Å².